The normalized spacial score (nSPS) is 12.0. The van der Waals surface area contributed by atoms with Gasteiger partial charge in [-0.15, -0.1) is 0 Å². The molecule has 0 atom stereocenters. The Morgan fingerprint density at radius 3 is 1.85 bits per heavy atom. The minimum atomic E-state index is 0.599. The van der Waals surface area contributed by atoms with Crippen molar-refractivity contribution in [1.82, 2.24) is 4.48 Å². The van der Waals surface area contributed by atoms with Gasteiger partial charge < -0.3 is 0 Å². The van der Waals surface area contributed by atoms with E-state index in [-0.39, 0.29) is 0 Å². The molecule has 5 aromatic carbocycles. The average Bonchev–Trinajstić information content (AvgIpc) is 2.89. The van der Waals surface area contributed by atoms with Gasteiger partial charge in [-0.3, -0.25) is 0 Å². The van der Waals surface area contributed by atoms with Crippen LogP contribution in [0, 0.1) is 6.92 Å². The summed E-state index contributed by atoms with van der Waals surface area (Å²) in [5.41, 5.74) is 6.37. The van der Waals surface area contributed by atoms with Crippen molar-refractivity contribution >= 4 is 49.5 Å². The van der Waals surface area contributed by atoms with Crippen molar-refractivity contribution in [1.29, 1.82) is 0 Å². The fourth-order valence-corrected chi connectivity index (χ4v) is 5.63. The quantitative estimate of drug-likeness (QED) is 0.114. The molecule has 0 radical (unpaired) electrons. The first-order valence-electron chi connectivity index (χ1n) is 11.8. The van der Waals surface area contributed by atoms with Gasteiger partial charge in [0.05, 0.1) is 12.4 Å². The molecule has 1 heterocycles. The molecule has 0 saturated carbocycles. The van der Waals surface area contributed by atoms with Gasteiger partial charge in [-0.05, 0) is 65.7 Å². The molecule has 0 N–H and O–H groups in total. The van der Waals surface area contributed by atoms with Crippen molar-refractivity contribution in [2.24, 2.45) is 7.05 Å². The van der Waals surface area contributed by atoms with E-state index in [2.05, 4.69) is 141 Å². The molecular weight excluding hydrogens is 412 g/mol. The largest absolute Gasteiger partial charge is 0.229 e. The van der Waals surface area contributed by atoms with E-state index >= 15 is 0 Å². The second-order valence-electron chi connectivity index (χ2n) is 9.27. The number of hydrogen-bond donors (Lipinski definition) is 0. The van der Waals surface area contributed by atoms with Crippen LogP contribution in [0.15, 0.2) is 115 Å². The number of fused-ring (bicyclic) bond motifs is 4. The summed E-state index contributed by atoms with van der Waals surface area (Å²) in [5, 5.41) is 6.47. The Kier molecular flexibility index (Phi) is 4.72. The van der Waals surface area contributed by atoms with Crippen LogP contribution < -0.4 is 9.05 Å². The average molecular weight is 441 g/mol. The number of aryl methyl sites for hydroxylation is 2. The minimum Gasteiger partial charge on any atom is -0.229 e. The molecule has 0 amide bonds. The molecule has 1 aromatic heterocycles. The van der Waals surface area contributed by atoms with Gasteiger partial charge >= 0.3 is 0 Å². The molecule has 6 rings (SSSR count). The Labute approximate surface area is 200 Å². The van der Waals surface area contributed by atoms with Crippen LogP contribution in [0.1, 0.15) is 5.56 Å². The highest BCUT2D eigenvalue weighted by atomic mass is 15.3. The standard InChI is InChI=1S/C32H28N2/c1-23-30-25(22-26-20-19-24-13-11-21-33(2)32(24)31(23)26)12-10-18-29(30)34(3,27-14-6-4-7-15-27)28-16-8-5-9-17-28/h4-22H,1-3H3/q+2. The van der Waals surface area contributed by atoms with Crippen molar-refractivity contribution in [2.75, 3.05) is 7.05 Å². The number of pyridine rings is 1. The summed E-state index contributed by atoms with van der Waals surface area (Å²) in [7, 11) is 4.46. The zero-order valence-electron chi connectivity index (χ0n) is 19.9. The molecule has 2 heteroatoms. The number of rotatable bonds is 3. The summed E-state index contributed by atoms with van der Waals surface area (Å²) in [6.45, 7) is 2.29. The summed E-state index contributed by atoms with van der Waals surface area (Å²) >= 11 is 0. The number of para-hydroxylation sites is 2. The van der Waals surface area contributed by atoms with Crippen molar-refractivity contribution in [3.63, 3.8) is 0 Å². The molecular formula is C32H28N2+2. The number of benzene rings is 5. The van der Waals surface area contributed by atoms with E-state index in [4.69, 9.17) is 0 Å². The Bertz CT molecular complexity index is 1630. The Hall–Kier alpha value is -4.01. The summed E-state index contributed by atoms with van der Waals surface area (Å²) in [5.74, 6) is 0. The fourth-order valence-electron chi connectivity index (χ4n) is 5.63. The maximum Gasteiger partial charge on any atom is 0.220 e. The van der Waals surface area contributed by atoms with E-state index in [1.54, 1.807) is 0 Å². The number of quaternary nitrogens is 1. The SMILES string of the molecule is Cc1c2c([N+](C)(c3ccccc3)c3ccccc3)cccc2cc2ccc3ccc[n+](C)c3c12. The van der Waals surface area contributed by atoms with Crippen LogP contribution in [0.4, 0.5) is 17.1 Å². The molecule has 2 nitrogen and oxygen atoms in total. The lowest BCUT2D eigenvalue weighted by Gasteiger charge is -2.34. The van der Waals surface area contributed by atoms with Crippen LogP contribution >= 0.6 is 0 Å². The molecule has 0 bridgehead atoms. The maximum absolute atomic E-state index is 2.36. The molecule has 0 spiro atoms. The molecule has 0 fully saturated rings. The molecule has 0 aliphatic carbocycles. The first kappa shape index (κ1) is 20.6. The number of hydrogen-bond acceptors (Lipinski definition) is 0. The second kappa shape index (κ2) is 7.79. The molecule has 6 aromatic rings. The molecule has 164 valence electrons. The van der Waals surface area contributed by atoms with Crippen LogP contribution in [-0.2, 0) is 7.05 Å². The van der Waals surface area contributed by atoms with Crippen molar-refractivity contribution in [3.05, 3.63) is 121 Å². The van der Waals surface area contributed by atoms with Gasteiger partial charge in [0, 0.05) is 22.9 Å². The van der Waals surface area contributed by atoms with E-state index in [1.807, 2.05) is 0 Å². The van der Waals surface area contributed by atoms with Gasteiger partial charge in [0.1, 0.15) is 18.4 Å². The monoisotopic (exact) mass is 440 g/mol. The summed E-state index contributed by atoms with van der Waals surface area (Å²) in [6, 6.07) is 39.6. The van der Waals surface area contributed by atoms with E-state index in [1.165, 1.54) is 55.1 Å². The lowest BCUT2D eigenvalue weighted by Crippen LogP contribution is -2.34. The lowest BCUT2D eigenvalue weighted by molar-refractivity contribution is -0.644. The van der Waals surface area contributed by atoms with Gasteiger partial charge in [-0.2, -0.15) is 0 Å². The van der Waals surface area contributed by atoms with Crippen LogP contribution in [-0.4, -0.2) is 7.05 Å². The highest BCUT2D eigenvalue weighted by molar-refractivity contribution is 6.15. The summed E-state index contributed by atoms with van der Waals surface area (Å²) in [4.78, 5) is 0. The van der Waals surface area contributed by atoms with Crippen molar-refractivity contribution in [3.8, 4) is 0 Å². The van der Waals surface area contributed by atoms with Gasteiger partial charge in [-0.1, -0.05) is 54.6 Å². The van der Waals surface area contributed by atoms with E-state index in [0.29, 0.717) is 4.48 Å². The zero-order valence-corrected chi connectivity index (χ0v) is 19.9. The summed E-state index contributed by atoms with van der Waals surface area (Å²) in [6.07, 6.45) is 2.14. The Balaban J connectivity index is 1.79. The third-order valence-corrected chi connectivity index (χ3v) is 7.34. The fraction of sp³-hybridized carbons (Fsp3) is 0.0938. The molecule has 0 unspecified atom stereocenters. The molecule has 34 heavy (non-hydrogen) atoms. The minimum absolute atomic E-state index is 0.599. The van der Waals surface area contributed by atoms with E-state index in [9.17, 15) is 0 Å². The third kappa shape index (κ3) is 2.96. The zero-order chi connectivity index (χ0) is 23.3. The van der Waals surface area contributed by atoms with Crippen molar-refractivity contribution < 1.29 is 4.57 Å². The van der Waals surface area contributed by atoms with Crippen LogP contribution in [0.3, 0.4) is 0 Å². The predicted octanol–water partition coefficient (Wildman–Crippen LogP) is 7.88. The summed E-state index contributed by atoms with van der Waals surface area (Å²) < 4.78 is 2.85. The van der Waals surface area contributed by atoms with Gasteiger partial charge in [0.25, 0.3) is 0 Å². The van der Waals surface area contributed by atoms with E-state index in [0.717, 1.165) is 0 Å². The van der Waals surface area contributed by atoms with Crippen molar-refractivity contribution in [2.45, 2.75) is 6.92 Å². The first-order chi connectivity index (χ1) is 16.6. The van der Waals surface area contributed by atoms with Crippen LogP contribution in [0.25, 0.3) is 32.4 Å². The van der Waals surface area contributed by atoms with Gasteiger partial charge in [0.15, 0.2) is 11.9 Å². The Morgan fingerprint density at radius 2 is 1.18 bits per heavy atom. The Morgan fingerprint density at radius 1 is 0.588 bits per heavy atom. The lowest BCUT2D eigenvalue weighted by atomic mass is 9.93. The topological polar surface area (TPSA) is 3.88 Å². The van der Waals surface area contributed by atoms with Gasteiger partial charge in [-0.25, -0.2) is 9.05 Å². The third-order valence-electron chi connectivity index (χ3n) is 7.34. The number of nitrogens with zero attached hydrogens (tertiary/aromatic N) is 2. The molecule has 0 aliphatic rings. The highest BCUT2D eigenvalue weighted by Gasteiger charge is 2.33. The molecule has 0 aliphatic heterocycles. The van der Waals surface area contributed by atoms with Crippen LogP contribution in [0.5, 0.6) is 0 Å². The smallest absolute Gasteiger partial charge is 0.220 e. The first-order valence-corrected chi connectivity index (χ1v) is 11.8. The number of aromatic nitrogens is 1. The van der Waals surface area contributed by atoms with Crippen LogP contribution in [0.2, 0.25) is 0 Å². The maximum atomic E-state index is 2.36. The second-order valence-corrected chi connectivity index (χ2v) is 9.27. The molecule has 0 saturated heterocycles. The van der Waals surface area contributed by atoms with E-state index < -0.39 is 0 Å². The highest BCUT2D eigenvalue weighted by Crippen LogP contribution is 2.47. The predicted molar refractivity (Wildman–Crippen MR) is 145 cm³/mol. The van der Waals surface area contributed by atoms with Gasteiger partial charge in [0.2, 0.25) is 5.52 Å².